The molecule has 1 aromatic heterocycles. The van der Waals surface area contributed by atoms with Crippen LogP contribution in [-0.4, -0.2) is 28.9 Å². The Morgan fingerprint density at radius 1 is 1.25 bits per heavy atom. The van der Waals surface area contributed by atoms with Gasteiger partial charge in [0.15, 0.2) is 0 Å². The average molecular weight is 337 g/mol. The monoisotopic (exact) mass is 337 g/mol. The third-order valence-corrected chi connectivity index (χ3v) is 4.19. The fourth-order valence-electron chi connectivity index (χ4n) is 3.05. The number of alkyl halides is 3. The van der Waals surface area contributed by atoms with Crippen LogP contribution in [0.5, 0.6) is 0 Å². The molecule has 1 unspecified atom stereocenters. The fraction of sp³-hybridized carbons (Fsp3) is 0.353. The number of anilines is 1. The summed E-state index contributed by atoms with van der Waals surface area (Å²) in [6, 6.07) is 8.57. The van der Waals surface area contributed by atoms with Crippen molar-refractivity contribution in [2.24, 2.45) is 0 Å². The number of halogens is 3. The molecule has 1 aromatic carbocycles. The van der Waals surface area contributed by atoms with Crippen molar-refractivity contribution in [1.29, 1.82) is 0 Å². The highest BCUT2D eigenvalue weighted by atomic mass is 19.4. The Kier molecular flexibility index (Phi) is 4.62. The first-order valence-corrected chi connectivity index (χ1v) is 7.78. The van der Waals surface area contributed by atoms with Crippen LogP contribution in [0.1, 0.15) is 30.1 Å². The van der Waals surface area contributed by atoms with Gasteiger partial charge in [0.1, 0.15) is 0 Å². The molecule has 7 heteroatoms. The Bertz CT molecular complexity index is 680. The molecule has 0 bridgehead atoms. The molecule has 3 rings (SSSR count). The Labute approximate surface area is 137 Å². The highest BCUT2D eigenvalue weighted by molar-refractivity contribution is 5.92. The Hall–Kier alpha value is -2.28. The molecule has 0 aliphatic carbocycles. The average Bonchev–Trinajstić information content (AvgIpc) is 3.17. The molecule has 2 N–H and O–H groups in total. The molecular weight excluding hydrogens is 319 g/mol. The van der Waals surface area contributed by atoms with E-state index in [2.05, 4.69) is 15.2 Å². The number of hydrogen-bond donors (Lipinski definition) is 2. The maximum Gasteiger partial charge on any atom is 0.416 e. The van der Waals surface area contributed by atoms with E-state index in [9.17, 15) is 18.0 Å². The van der Waals surface area contributed by atoms with Crippen LogP contribution in [0.25, 0.3) is 0 Å². The molecule has 1 amide bonds. The maximum atomic E-state index is 12.5. The Morgan fingerprint density at radius 2 is 2.00 bits per heavy atom. The number of amides is 1. The number of nitrogens with one attached hydrogen (secondary N) is 2. The molecule has 1 aliphatic heterocycles. The maximum absolute atomic E-state index is 12.5. The van der Waals surface area contributed by atoms with Gasteiger partial charge in [-0.15, -0.1) is 0 Å². The van der Waals surface area contributed by atoms with Crippen LogP contribution in [0.3, 0.4) is 0 Å². The predicted molar refractivity (Wildman–Crippen MR) is 84.4 cm³/mol. The second-order valence-electron chi connectivity index (χ2n) is 5.88. The summed E-state index contributed by atoms with van der Waals surface area (Å²) in [6.45, 7) is 1.04. The highest BCUT2D eigenvalue weighted by Gasteiger charge is 2.30. The molecule has 128 valence electrons. The number of hydrogen-bond acceptors (Lipinski definition) is 2. The molecule has 1 atom stereocenters. The summed E-state index contributed by atoms with van der Waals surface area (Å²) < 4.78 is 37.6. The summed E-state index contributed by atoms with van der Waals surface area (Å²) in [7, 11) is 0. The van der Waals surface area contributed by atoms with Crippen LogP contribution in [0, 0.1) is 0 Å². The van der Waals surface area contributed by atoms with E-state index in [1.54, 1.807) is 0 Å². The molecule has 24 heavy (non-hydrogen) atoms. The number of aromatic nitrogens is 1. The minimum atomic E-state index is -4.37. The highest BCUT2D eigenvalue weighted by Crippen LogP contribution is 2.31. The SMILES string of the molecule is O=C(CN1CCCC1c1ccc[nH]1)Nc1ccc(C(F)(F)F)cc1. The molecule has 4 nitrogen and oxygen atoms in total. The third-order valence-electron chi connectivity index (χ3n) is 4.19. The van der Waals surface area contributed by atoms with Gasteiger partial charge in [-0.2, -0.15) is 13.2 Å². The molecule has 0 spiro atoms. The van der Waals surface area contributed by atoms with Gasteiger partial charge in [0.2, 0.25) is 5.91 Å². The number of rotatable bonds is 4. The minimum Gasteiger partial charge on any atom is -0.364 e. The van der Waals surface area contributed by atoms with Crippen LogP contribution >= 0.6 is 0 Å². The Balaban J connectivity index is 1.59. The second-order valence-corrected chi connectivity index (χ2v) is 5.88. The van der Waals surface area contributed by atoms with E-state index >= 15 is 0 Å². The first-order valence-electron chi connectivity index (χ1n) is 7.78. The lowest BCUT2D eigenvalue weighted by atomic mass is 10.1. The van der Waals surface area contributed by atoms with Gasteiger partial charge in [-0.1, -0.05) is 0 Å². The first kappa shape index (κ1) is 16.6. The zero-order chi connectivity index (χ0) is 17.2. The quantitative estimate of drug-likeness (QED) is 0.891. The van der Waals surface area contributed by atoms with Crippen molar-refractivity contribution in [3.8, 4) is 0 Å². The zero-order valence-corrected chi connectivity index (χ0v) is 12.9. The van der Waals surface area contributed by atoms with Gasteiger partial charge < -0.3 is 10.3 Å². The largest absolute Gasteiger partial charge is 0.416 e. The predicted octanol–water partition coefficient (Wildman–Crippen LogP) is 3.81. The van der Waals surface area contributed by atoms with Gasteiger partial charge in [0.25, 0.3) is 0 Å². The normalized spacial score (nSPS) is 18.7. The van der Waals surface area contributed by atoms with Gasteiger partial charge in [-0.05, 0) is 55.8 Å². The summed E-state index contributed by atoms with van der Waals surface area (Å²) in [6.07, 6.45) is -0.527. The molecule has 1 saturated heterocycles. The lowest BCUT2D eigenvalue weighted by Gasteiger charge is -2.23. The summed E-state index contributed by atoms with van der Waals surface area (Å²) in [5, 5.41) is 2.66. The lowest BCUT2D eigenvalue weighted by Crippen LogP contribution is -2.33. The summed E-state index contributed by atoms with van der Waals surface area (Å²) in [4.78, 5) is 17.4. The van der Waals surface area contributed by atoms with Crippen LogP contribution < -0.4 is 5.32 Å². The number of likely N-dealkylation sites (tertiary alicyclic amines) is 1. The van der Waals surface area contributed by atoms with Crippen LogP contribution in [0.15, 0.2) is 42.6 Å². The van der Waals surface area contributed by atoms with Crippen LogP contribution in [0.2, 0.25) is 0 Å². The van der Waals surface area contributed by atoms with Crippen molar-refractivity contribution < 1.29 is 18.0 Å². The van der Waals surface area contributed by atoms with E-state index in [4.69, 9.17) is 0 Å². The minimum absolute atomic E-state index is 0.179. The van der Waals surface area contributed by atoms with Crippen molar-refractivity contribution in [2.45, 2.75) is 25.1 Å². The van der Waals surface area contributed by atoms with Crippen molar-refractivity contribution >= 4 is 11.6 Å². The molecule has 0 saturated carbocycles. The molecule has 1 fully saturated rings. The standard InChI is InChI=1S/C17H18F3N3O/c18-17(19,20)12-5-7-13(8-6-12)22-16(24)11-23-10-2-4-15(23)14-3-1-9-21-14/h1,3,5-9,15,21H,2,4,10-11H2,(H,22,24). The summed E-state index contributed by atoms with van der Waals surface area (Å²) in [5.74, 6) is -0.229. The topological polar surface area (TPSA) is 48.1 Å². The molecule has 2 aromatic rings. The number of H-pyrrole nitrogens is 1. The van der Waals surface area contributed by atoms with Crippen LogP contribution in [-0.2, 0) is 11.0 Å². The van der Waals surface area contributed by atoms with Crippen LogP contribution in [0.4, 0.5) is 18.9 Å². The van der Waals surface area contributed by atoms with Gasteiger partial charge in [-0.25, -0.2) is 0 Å². The van der Waals surface area contributed by atoms with E-state index in [1.165, 1.54) is 12.1 Å². The third kappa shape index (κ3) is 3.79. The molecule has 0 radical (unpaired) electrons. The number of aromatic amines is 1. The fourth-order valence-corrected chi connectivity index (χ4v) is 3.05. The van der Waals surface area contributed by atoms with Gasteiger partial charge in [0.05, 0.1) is 18.2 Å². The second kappa shape index (κ2) is 6.68. The summed E-state index contributed by atoms with van der Waals surface area (Å²) in [5.41, 5.74) is 0.713. The number of benzene rings is 1. The van der Waals surface area contributed by atoms with Crippen molar-refractivity contribution in [1.82, 2.24) is 9.88 Å². The van der Waals surface area contributed by atoms with E-state index in [0.717, 1.165) is 37.2 Å². The van der Waals surface area contributed by atoms with Gasteiger partial charge >= 0.3 is 6.18 Å². The zero-order valence-electron chi connectivity index (χ0n) is 12.9. The lowest BCUT2D eigenvalue weighted by molar-refractivity contribution is -0.137. The van der Waals surface area contributed by atoms with Crippen molar-refractivity contribution in [2.75, 3.05) is 18.4 Å². The van der Waals surface area contributed by atoms with Crippen molar-refractivity contribution in [3.05, 3.63) is 53.9 Å². The van der Waals surface area contributed by atoms with Gasteiger partial charge in [-0.3, -0.25) is 9.69 Å². The number of nitrogens with zero attached hydrogens (tertiary/aromatic N) is 1. The summed E-state index contributed by atoms with van der Waals surface area (Å²) >= 11 is 0. The van der Waals surface area contributed by atoms with E-state index in [1.807, 2.05) is 18.3 Å². The molecular formula is C17H18F3N3O. The Morgan fingerprint density at radius 3 is 2.62 bits per heavy atom. The number of carbonyl (C=O) groups is 1. The van der Waals surface area contributed by atoms with E-state index in [0.29, 0.717) is 5.69 Å². The smallest absolute Gasteiger partial charge is 0.364 e. The van der Waals surface area contributed by atoms with Crippen molar-refractivity contribution in [3.63, 3.8) is 0 Å². The van der Waals surface area contributed by atoms with E-state index < -0.39 is 11.7 Å². The molecule has 1 aliphatic rings. The first-order chi connectivity index (χ1) is 11.4. The molecule has 2 heterocycles. The number of carbonyl (C=O) groups excluding carboxylic acids is 1. The van der Waals surface area contributed by atoms with Gasteiger partial charge in [0, 0.05) is 17.6 Å². The van der Waals surface area contributed by atoms with E-state index in [-0.39, 0.29) is 18.5 Å².